The van der Waals surface area contributed by atoms with Gasteiger partial charge in [-0.15, -0.1) is 0 Å². The molecule has 1 atom stereocenters. The van der Waals surface area contributed by atoms with Crippen molar-refractivity contribution in [2.24, 2.45) is 0 Å². The molecule has 1 unspecified atom stereocenters. The molecular formula is C23H24FNO4. The van der Waals surface area contributed by atoms with Crippen LogP contribution in [0.15, 0.2) is 60.2 Å². The van der Waals surface area contributed by atoms with Gasteiger partial charge >= 0.3 is 0 Å². The smallest absolute Gasteiger partial charge is 0.295 e. The van der Waals surface area contributed by atoms with Crippen LogP contribution in [0, 0.1) is 5.82 Å². The second-order valence-corrected chi connectivity index (χ2v) is 7.18. The van der Waals surface area contributed by atoms with Crippen molar-refractivity contribution in [2.45, 2.75) is 32.4 Å². The molecule has 0 bridgehead atoms. The number of likely N-dealkylation sites (tertiary alicyclic amines) is 1. The van der Waals surface area contributed by atoms with Crippen molar-refractivity contribution in [2.75, 3.05) is 13.2 Å². The molecule has 1 fully saturated rings. The van der Waals surface area contributed by atoms with Crippen LogP contribution in [0.1, 0.15) is 37.4 Å². The van der Waals surface area contributed by atoms with E-state index < -0.39 is 23.5 Å². The molecule has 1 heterocycles. The van der Waals surface area contributed by atoms with E-state index in [9.17, 15) is 19.1 Å². The monoisotopic (exact) mass is 397 g/mol. The van der Waals surface area contributed by atoms with Gasteiger partial charge in [-0.1, -0.05) is 42.5 Å². The number of benzene rings is 2. The number of carbonyl (C=O) groups excluding carboxylic acids is 2. The number of hydrogen-bond acceptors (Lipinski definition) is 4. The third kappa shape index (κ3) is 4.54. The first kappa shape index (κ1) is 20.7. The summed E-state index contributed by atoms with van der Waals surface area (Å²) >= 11 is 0. The molecule has 1 aliphatic rings. The predicted molar refractivity (Wildman–Crippen MR) is 108 cm³/mol. The summed E-state index contributed by atoms with van der Waals surface area (Å²) < 4.78 is 19.0. The lowest BCUT2D eigenvalue weighted by molar-refractivity contribution is -0.140. The molecule has 1 saturated heterocycles. The fourth-order valence-corrected chi connectivity index (χ4v) is 3.41. The summed E-state index contributed by atoms with van der Waals surface area (Å²) in [5, 5.41) is 10.8. The molecule has 0 saturated carbocycles. The Bertz CT molecular complexity index is 906. The number of aliphatic hydroxyl groups excluding tert-OH is 1. The van der Waals surface area contributed by atoms with E-state index in [0.717, 1.165) is 0 Å². The molecule has 0 spiro atoms. The van der Waals surface area contributed by atoms with E-state index in [2.05, 4.69) is 0 Å². The number of ketones is 1. The minimum atomic E-state index is -0.783. The molecule has 6 heteroatoms. The number of rotatable bonds is 7. The van der Waals surface area contributed by atoms with Gasteiger partial charge in [-0.2, -0.15) is 0 Å². The lowest BCUT2D eigenvalue weighted by Gasteiger charge is -2.25. The van der Waals surface area contributed by atoms with Gasteiger partial charge in [-0.3, -0.25) is 9.59 Å². The quantitative estimate of drug-likeness (QED) is 0.331. The van der Waals surface area contributed by atoms with E-state index >= 15 is 0 Å². The van der Waals surface area contributed by atoms with Crippen LogP contribution < -0.4 is 0 Å². The average Bonchev–Trinajstić information content (AvgIpc) is 2.96. The number of amides is 1. The van der Waals surface area contributed by atoms with E-state index in [1.165, 1.54) is 29.2 Å². The Hall–Kier alpha value is -2.99. The number of ether oxygens (including phenoxy) is 1. The lowest BCUT2D eigenvalue weighted by Crippen LogP contribution is -2.31. The first-order chi connectivity index (χ1) is 13.9. The minimum absolute atomic E-state index is 0.0117. The molecule has 1 amide bonds. The zero-order chi connectivity index (χ0) is 21.0. The Morgan fingerprint density at radius 2 is 1.76 bits per heavy atom. The second kappa shape index (κ2) is 9.01. The van der Waals surface area contributed by atoms with Crippen LogP contribution in [-0.4, -0.2) is 41.0 Å². The van der Waals surface area contributed by atoms with Gasteiger partial charge in [0.15, 0.2) is 0 Å². The van der Waals surface area contributed by atoms with E-state index in [1.54, 1.807) is 30.3 Å². The zero-order valence-electron chi connectivity index (χ0n) is 16.5. The standard InChI is InChI=1S/C23H24FNO4/c1-15(2)29-14-6-13-25-20(16-9-11-18(24)12-10-16)19(22(27)23(25)28)21(26)17-7-4-3-5-8-17/h3-5,7-12,15,20,26H,6,13-14H2,1-2H3. The molecule has 2 aromatic rings. The fourth-order valence-electron chi connectivity index (χ4n) is 3.41. The molecular weight excluding hydrogens is 373 g/mol. The third-order valence-corrected chi connectivity index (χ3v) is 4.77. The van der Waals surface area contributed by atoms with E-state index in [0.29, 0.717) is 24.2 Å². The SMILES string of the molecule is CC(C)OCCCN1C(=O)C(=O)C(=C(O)c2ccccc2)C1c1ccc(F)cc1. The summed E-state index contributed by atoms with van der Waals surface area (Å²) in [7, 11) is 0. The van der Waals surface area contributed by atoms with Gasteiger partial charge in [0, 0.05) is 18.7 Å². The Kier molecular flexibility index (Phi) is 6.44. The van der Waals surface area contributed by atoms with Crippen molar-refractivity contribution in [1.29, 1.82) is 0 Å². The van der Waals surface area contributed by atoms with Crippen LogP contribution in [0.2, 0.25) is 0 Å². The van der Waals surface area contributed by atoms with E-state index in [-0.39, 0.29) is 24.0 Å². The molecule has 29 heavy (non-hydrogen) atoms. The zero-order valence-corrected chi connectivity index (χ0v) is 16.5. The first-order valence-corrected chi connectivity index (χ1v) is 9.61. The van der Waals surface area contributed by atoms with Crippen molar-refractivity contribution >= 4 is 17.4 Å². The highest BCUT2D eigenvalue weighted by Gasteiger charge is 2.45. The minimum Gasteiger partial charge on any atom is -0.507 e. The van der Waals surface area contributed by atoms with Gasteiger partial charge in [-0.25, -0.2) is 4.39 Å². The number of nitrogens with zero attached hydrogens (tertiary/aromatic N) is 1. The number of hydrogen-bond donors (Lipinski definition) is 1. The summed E-state index contributed by atoms with van der Waals surface area (Å²) in [6.07, 6.45) is 0.602. The average molecular weight is 397 g/mol. The Morgan fingerprint density at radius 3 is 2.38 bits per heavy atom. The van der Waals surface area contributed by atoms with Crippen LogP contribution in [0.5, 0.6) is 0 Å². The number of aliphatic hydroxyl groups is 1. The van der Waals surface area contributed by atoms with Crippen LogP contribution in [0.4, 0.5) is 4.39 Å². The lowest BCUT2D eigenvalue weighted by atomic mass is 9.95. The Morgan fingerprint density at radius 1 is 1.10 bits per heavy atom. The van der Waals surface area contributed by atoms with Crippen molar-refractivity contribution in [3.63, 3.8) is 0 Å². The molecule has 0 radical (unpaired) electrons. The normalized spacial score (nSPS) is 18.6. The largest absolute Gasteiger partial charge is 0.507 e. The summed E-state index contributed by atoms with van der Waals surface area (Å²) in [5.74, 6) is -2.08. The van der Waals surface area contributed by atoms with Gasteiger partial charge in [0.1, 0.15) is 11.6 Å². The van der Waals surface area contributed by atoms with Crippen LogP contribution in [0.25, 0.3) is 5.76 Å². The summed E-state index contributed by atoms with van der Waals surface area (Å²) in [6, 6.07) is 13.4. The summed E-state index contributed by atoms with van der Waals surface area (Å²) in [6.45, 7) is 4.57. The molecule has 152 valence electrons. The molecule has 5 nitrogen and oxygen atoms in total. The Labute approximate surface area is 169 Å². The fraction of sp³-hybridized carbons (Fsp3) is 0.304. The molecule has 0 aromatic heterocycles. The molecule has 1 aliphatic heterocycles. The van der Waals surface area contributed by atoms with Gasteiger partial charge in [0.25, 0.3) is 11.7 Å². The van der Waals surface area contributed by atoms with Gasteiger partial charge < -0.3 is 14.7 Å². The highest BCUT2D eigenvalue weighted by atomic mass is 19.1. The summed E-state index contributed by atoms with van der Waals surface area (Å²) in [4.78, 5) is 27.0. The first-order valence-electron chi connectivity index (χ1n) is 9.61. The number of carbonyl (C=O) groups is 2. The Balaban J connectivity index is 2.00. The van der Waals surface area contributed by atoms with E-state index in [4.69, 9.17) is 4.74 Å². The van der Waals surface area contributed by atoms with Gasteiger partial charge in [0.2, 0.25) is 0 Å². The summed E-state index contributed by atoms with van der Waals surface area (Å²) in [5.41, 5.74) is 1.02. The molecule has 1 N–H and O–H groups in total. The maximum Gasteiger partial charge on any atom is 0.295 e. The number of halogens is 1. The van der Waals surface area contributed by atoms with Gasteiger partial charge in [0.05, 0.1) is 17.7 Å². The highest BCUT2D eigenvalue weighted by molar-refractivity contribution is 6.46. The third-order valence-electron chi connectivity index (χ3n) is 4.77. The van der Waals surface area contributed by atoms with Crippen molar-refractivity contribution in [1.82, 2.24) is 4.90 Å². The maximum atomic E-state index is 13.4. The predicted octanol–water partition coefficient (Wildman–Crippen LogP) is 4.06. The topological polar surface area (TPSA) is 66.8 Å². The molecule has 3 rings (SSSR count). The van der Waals surface area contributed by atoms with Crippen molar-refractivity contribution < 1.29 is 23.8 Å². The van der Waals surface area contributed by atoms with Gasteiger partial charge in [-0.05, 0) is 38.0 Å². The van der Waals surface area contributed by atoms with Crippen LogP contribution in [-0.2, 0) is 14.3 Å². The van der Waals surface area contributed by atoms with Crippen molar-refractivity contribution in [3.8, 4) is 0 Å². The van der Waals surface area contributed by atoms with Crippen LogP contribution in [0.3, 0.4) is 0 Å². The molecule has 2 aromatic carbocycles. The molecule has 0 aliphatic carbocycles. The highest BCUT2D eigenvalue weighted by Crippen LogP contribution is 2.39. The van der Waals surface area contributed by atoms with Crippen LogP contribution >= 0.6 is 0 Å². The second-order valence-electron chi connectivity index (χ2n) is 7.18. The maximum absolute atomic E-state index is 13.4. The number of Topliss-reactive ketones (excluding diaryl/α,β-unsaturated/α-hetero) is 1. The van der Waals surface area contributed by atoms with E-state index in [1.807, 2.05) is 13.8 Å². The van der Waals surface area contributed by atoms with Crippen molar-refractivity contribution in [3.05, 3.63) is 77.1 Å².